The lowest BCUT2D eigenvalue weighted by atomic mass is 10.2. The molecule has 2 rings (SSSR count). The van der Waals surface area contributed by atoms with E-state index in [0.29, 0.717) is 5.56 Å². The third kappa shape index (κ3) is 3.11. The van der Waals surface area contributed by atoms with Gasteiger partial charge in [0, 0.05) is 11.6 Å². The molecule has 0 heterocycles. The SMILES string of the molecule is Cc1ccc(S(=O)(=O)Nc2ccccc2O)cc1[N+](=O)[O-]. The topological polar surface area (TPSA) is 110 Å². The lowest BCUT2D eigenvalue weighted by Gasteiger charge is -2.09. The fourth-order valence-corrected chi connectivity index (χ4v) is 2.81. The highest BCUT2D eigenvalue weighted by Crippen LogP contribution is 2.27. The molecule has 0 amide bonds. The number of phenols is 1. The van der Waals surface area contributed by atoms with Crippen LogP contribution >= 0.6 is 0 Å². The fourth-order valence-electron chi connectivity index (χ4n) is 1.72. The molecule has 0 bridgehead atoms. The standard InChI is InChI=1S/C13H12N2O5S/c1-9-6-7-10(8-12(9)15(17)18)21(19,20)14-11-4-2-3-5-13(11)16/h2-8,14,16H,1H3. The molecule has 0 aliphatic heterocycles. The number of hydrogen-bond donors (Lipinski definition) is 2. The summed E-state index contributed by atoms with van der Waals surface area (Å²) in [6.45, 7) is 1.52. The maximum Gasteiger partial charge on any atom is 0.273 e. The van der Waals surface area contributed by atoms with Gasteiger partial charge in [-0.05, 0) is 25.1 Å². The zero-order valence-corrected chi connectivity index (χ0v) is 11.8. The number of aryl methyl sites for hydroxylation is 1. The Kier molecular flexibility index (Phi) is 3.81. The Hall–Kier alpha value is -2.61. The van der Waals surface area contributed by atoms with Gasteiger partial charge in [0.05, 0.1) is 15.5 Å². The number of rotatable bonds is 4. The third-order valence-electron chi connectivity index (χ3n) is 2.84. The molecule has 0 unspecified atom stereocenters. The second-order valence-corrected chi connectivity index (χ2v) is 6.01. The lowest BCUT2D eigenvalue weighted by Crippen LogP contribution is -2.13. The van der Waals surface area contributed by atoms with Crippen molar-refractivity contribution in [1.29, 1.82) is 0 Å². The van der Waals surface area contributed by atoms with E-state index in [-0.39, 0.29) is 22.0 Å². The van der Waals surface area contributed by atoms with E-state index in [1.54, 1.807) is 12.1 Å². The van der Waals surface area contributed by atoms with Gasteiger partial charge in [-0.1, -0.05) is 18.2 Å². The first-order valence-corrected chi connectivity index (χ1v) is 7.35. The van der Waals surface area contributed by atoms with Crippen molar-refractivity contribution in [3.63, 3.8) is 0 Å². The van der Waals surface area contributed by atoms with Crippen molar-refractivity contribution >= 4 is 21.4 Å². The van der Waals surface area contributed by atoms with Crippen LogP contribution in [0.4, 0.5) is 11.4 Å². The van der Waals surface area contributed by atoms with Crippen LogP contribution in [0.15, 0.2) is 47.4 Å². The summed E-state index contributed by atoms with van der Waals surface area (Å²) in [6.07, 6.45) is 0. The molecular weight excluding hydrogens is 296 g/mol. The molecule has 21 heavy (non-hydrogen) atoms. The summed E-state index contributed by atoms with van der Waals surface area (Å²) < 4.78 is 26.6. The number of anilines is 1. The second kappa shape index (κ2) is 5.41. The van der Waals surface area contributed by atoms with Crippen molar-refractivity contribution in [3.8, 4) is 5.75 Å². The Morgan fingerprint density at radius 1 is 1.19 bits per heavy atom. The van der Waals surface area contributed by atoms with E-state index in [4.69, 9.17) is 0 Å². The number of phenolic OH excluding ortho intramolecular Hbond substituents is 1. The Morgan fingerprint density at radius 2 is 1.86 bits per heavy atom. The minimum absolute atomic E-state index is 0.000674. The zero-order chi connectivity index (χ0) is 15.6. The number of aromatic hydroxyl groups is 1. The van der Waals surface area contributed by atoms with Gasteiger partial charge in [0.15, 0.2) is 0 Å². The number of nitro groups is 1. The number of nitro benzene ring substituents is 1. The zero-order valence-electron chi connectivity index (χ0n) is 11.0. The normalized spacial score (nSPS) is 11.1. The van der Waals surface area contributed by atoms with E-state index >= 15 is 0 Å². The Morgan fingerprint density at radius 3 is 2.48 bits per heavy atom. The Bertz CT molecular complexity index is 802. The molecule has 2 aromatic carbocycles. The number of sulfonamides is 1. The van der Waals surface area contributed by atoms with Crippen LogP contribution in [0.5, 0.6) is 5.75 Å². The third-order valence-corrected chi connectivity index (χ3v) is 4.20. The number of nitrogens with one attached hydrogen (secondary N) is 1. The molecule has 8 heteroatoms. The van der Waals surface area contributed by atoms with Gasteiger partial charge >= 0.3 is 0 Å². The monoisotopic (exact) mass is 308 g/mol. The molecule has 2 aromatic rings. The molecule has 0 spiro atoms. The Balaban J connectivity index is 2.43. The van der Waals surface area contributed by atoms with Crippen LogP contribution in [0.1, 0.15) is 5.56 Å². The average Bonchev–Trinajstić information content (AvgIpc) is 2.41. The highest BCUT2D eigenvalue weighted by atomic mass is 32.2. The fraction of sp³-hybridized carbons (Fsp3) is 0.0769. The van der Waals surface area contributed by atoms with Crippen LogP contribution in [-0.2, 0) is 10.0 Å². The molecule has 0 fully saturated rings. The van der Waals surface area contributed by atoms with Crippen LogP contribution in [0.2, 0.25) is 0 Å². The van der Waals surface area contributed by atoms with Crippen LogP contribution in [-0.4, -0.2) is 18.4 Å². The van der Waals surface area contributed by atoms with Crippen LogP contribution in [0.3, 0.4) is 0 Å². The highest BCUT2D eigenvalue weighted by molar-refractivity contribution is 7.92. The van der Waals surface area contributed by atoms with Crippen molar-refractivity contribution in [2.24, 2.45) is 0 Å². The van der Waals surface area contributed by atoms with Gasteiger partial charge in [-0.2, -0.15) is 0 Å². The first kappa shape index (κ1) is 14.8. The quantitative estimate of drug-likeness (QED) is 0.512. The summed E-state index contributed by atoms with van der Waals surface area (Å²) in [7, 11) is -4.02. The van der Waals surface area contributed by atoms with E-state index in [1.165, 1.54) is 31.2 Å². The van der Waals surface area contributed by atoms with Gasteiger partial charge in [-0.25, -0.2) is 8.42 Å². The summed E-state index contributed by atoms with van der Waals surface area (Å²) in [5, 5.41) is 20.4. The van der Waals surface area contributed by atoms with Crippen molar-refractivity contribution in [3.05, 3.63) is 58.1 Å². The summed E-state index contributed by atoms with van der Waals surface area (Å²) >= 11 is 0. The smallest absolute Gasteiger partial charge is 0.273 e. The number of hydrogen-bond acceptors (Lipinski definition) is 5. The van der Waals surface area contributed by atoms with Crippen LogP contribution < -0.4 is 4.72 Å². The van der Waals surface area contributed by atoms with Crippen molar-refractivity contribution < 1.29 is 18.4 Å². The summed E-state index contributed by atoms with van der Waals surface area (Å²) in [4.78, 5) is 9.97. The maximum absolute atomic E-state index is 12.2. The first-order chi connectivity index (χ1) is 9.81. The van der Waals surface area contributed by atoms with Crippen molar-refractivity contribution in [1.82, 2.24) is 0 Å². The first-order valence-electron chi connectivity index (χ1n) is 5.87. The molecule has 0 saturated heterocycles. The van der Waals surface area contributed by atoms with Gasteiger partial charge in [0.1, 0.15) is 5.75 Å². The molecule has 110 valence electrons. The predicted molar refractivity (Wildman–Crippen MR) is 76.7 cm³/mol. The van der Waals surface area contributed by atoms with E-state index in [9.17, 15) is 23.6 Å². The lowest BCUT2D eigenvalue weighted by molar-refractivity contribution is -0.385. The van der Waals surface area contributed by atoms with E-state index in [2.05, 4.69) is 4.72 Å². The van der Waals surface area contributed by atoms with Crippen molar-refractivity contribution in [2.45, 2.75) is 11.8 Å². The largest absolute Gasteiger partial charge is 0.506 e. The molecule has 0 aliphatic carbocycles. The predicted octanol–water partition coefficient (Wildman–Crippen LogP) is 2.41. The molecule has 0 saturated carbocycles. The van der Waals surface area contributed by atoms with Gasteiger partial charge in [-0.15, -0.1) is 0 Å². The second-order valence-electron chi connectivity index (χ2n) is 4.33. The molecule has 0 aromatic heterocycles. The molecule has 0 atom stereocenters. The molecule has 0 radical (unpaired) electrons. The Labute approximate surface area is 121 Å². The molecule has 7 nitrogen and oxygen atoms in total. The van der Waals surface area contributed by atoms with Crippen LogP contribution in [0.25, 0.3) is 0 Å². The van der Waals surface area contributed by atoms with Crippen LogP contribution in [0, 0.1) is 17.0 Å². The average molecular weight is 308 g/mol. The highest BCUT2D eigenvalue weighted by Gasteiger charge is 2.20. The van der Waals surface area contributed by atoms with Gasteiger partial charge in [0.2, 0.25) is 0 Å². The minimum Gasteiger partial charge on any atom is -0.506 e. The summed E-state index contributed by atoms with van der Waals surface area (Å²) in [5.74, 6) is -0.234. The summed E-state index contributed by atoms with van der Waals surface area (Å²) in [5.41, 5.74) is 0.0809. The van der Waals surface area contributed by atoms with Gasteiger partial charge in [0.25, 0.3) is 15.7 Å². The minimum atomic E-state index is -4.02. The van der Waals surface area contributed by atoms with E-state index < -0.39 is 14.9 Å². The summed E-state index contributed by atoms with van der Waals surface area (Å²) in [6, 6.07) is 9.42. The number of benzene rings is 2. The van der Waals surface area contributed by atoms with Gasteiger partial charge < -0.3 is 5.11 Å². The molecular formula is C13H12N2O5S. The van der Waals surface area contributed by atoms with E-state index in [1.807, 2.05) is 0 Å². The van der Waals surface area contributed by atoms with Gasteiger partial charge in [-0.3, -0.25) is 14.8 Å². The maximum atomic E-state index is 12.2. The number of nitrogens with zero attached hydrogens (tertiary/aromatic N) is 1. The van der Waals surface area contributed by atoms with E-state index in [0.717, 1.165) is 6.07 Å². The molecule has 2 N–H and O–H groups in total. The number of para-hydroxylation sites is 2. The van der Waals surface area contributed by atoms with Crippen molar-refractivity contribution in [2.75, 3.05) is 4.72 Å². The molecule has 0 aliphatic rings.